The molecule has 0 amide bonds. The Morgan fingerprint density at radius 2 is 2.44 bits per heavy atom. The minimum absolute atomic E-state index is 0.167. The number of rotatable bonds is 4. The maximum Gasteiger partial charge on any atom is 0.153 e. The van der Waals surface area contributed by atoms with Crippen molar-refractivity contribution in [1.82, 2.24) is 9.88 Å². The van der Waals surface area contributed by atoms with Crippen molar-refractivity contribution in [3.8, 4) is 0 Å². The summed E-state index contributed by atoms with van der Waals surface area (Å²) in [5, 5.41) is 3.34. The molecule has 1 fully saturated rings. The fourth-order valence-electron chi connectivity index (χ4n) is 1.93. The Kier molecular flexibility index (Phi) is 3.74. The number of thiol groups is 1. The molecule has 1 aliphatic rings. The van der Waals surface area contributed by atoms with E-state index in [1.54, 1.807) is 12.4 Å². The highest BCUT2D eigenvalue weighted by Crippen LogP contribution is 2.14. The first kappa shape index (κ1) is 11.3. The minimum atomic E-state index is -2.30. The van der Waals surface area contributed by atoms with Crippen LogP contribution in [-0.4, -0.2) is 43.3 Å². The monoisotopic (exact) mass is 241 g/mol. The molecular formula is C10H15N3O2S. The third-order valence-electron chi connectivity index (χ3n) is 2.62. The van der Waals surface area contributed by atoms with E-state index in [0.29, 0.717) is 6.04 Å². The van der Waals surface area contributed by atoms with Crippen molar-refractivity contribution in [2.24, 2.45) is 0 Å². The Hall–Kier alpha value is -1.14. The van der Waals surface area contributed by atoms with Crippen LogP contribution in [-0.2, 0) is 10.7 Å². The molecule has 1 aliphatic heterocycles. The third kappa shape index (κ3) is 3.18. The first-order valence-electron chi connectivity index (χ1n) is 5.25. The Bertz CT molecular complexity index is 400. The summed E-state index contributed by atoms with van der Waals surface area (Å²) < 4.78 is 21.2. The van der Waals surface area contributed by atoms with Crippen molar-refractivity contribution in [2.75, 3.05) is 24.3 Å². The van der Waals surface area contributed by atoms with Gasteiger partial charge in [-0.05, 0) is 18.6 Å². The maximum atomic E-state index is 10.6. The molecule has 1 N–H and O–H groups in total. The Balaban J connectivity index is 1.85. The van der Waals surface area contributed by atoms with Gasteiger partial charge in [-0.2, -0.15) is 0 Å². The van der Waals surface area contributed by atoms with Gasteiger partial charge in [-0.25, -0.2) is 8.42 Å². The van der Waals surface area contributed by atoms with Gasteiger partial charge < -0.3 is 5.32 Å². The van der Waals surface area contributed by atoms with E-state index in [-0.39, 0.29) is 5.88 Å². The number of aromatic nitrogens is 1. The SMILES string of the molecule is O=[SH](=O)CN1CCC(Nc2cccnc2)C1. The van der Waals surface area contributed by atoms with Gasteiger partial charge in [0.05, 0.1) is 11.6 Å². The first-order chi connectivity index (χ1) is 7.74. The van der Waals surface area contributed by atoms with Crippen LogP contribution in [0.3, 0.4) is 0 Å². The van der Waals surface area contributed by atoms with E-state index in [1.807, 2.05) is 17.0 Å². The zero-order valence-corrected chi connectivity index (χ0v) is 9.77. The lowest BCUT2D eigenvalue weighted by molar-refractivity contribution is 0.388. The highest BCUT2D eigenvalue weighted by atomic mass is 32.2. The average molecular weight is 241 g/mol. The fraction of sp³-hybridized carbons (Fsp3) is 0.500. The van der Waals surface area contributed by atoms with E-state index in [0.717, 1.165) is 25.2 Å². The molecule has 6 heteroatoms. The van der Waals surface area contributed by atoms with Crippen molar-refractivity contribution in [3.63, 3.8) is 0 Å². The Morgan fingerprint density at radius 3 is 3.12 bits per heavy atom. The van der Waals surface area contributed by atoms with Gasteiger partial charge in [-0.15, -0.1) is 0 Å². The summed E-state index contributed by atoms with van der Waals surface area (Å²) in [6.45, 7) is 1.61. The van der Waals surface area contributed by atoms with Crippen LogP contribution in [0.1, 0.15) is 6.42 Å². The van der Waals surface area contributed by atoms with Crippen molar-refractivity contribution < 1.29 is 8.42 Å². The fourth-order valence-corrected chi connectivity index (χ4v) is 2.51. The normalized spacial score (nSPS) is 21.4. The molecule has 1 aromatic heterocycles. The number of nitrogens with zero attached hydrogens (tertiary/aromatic N) is 2. The van der Waals surface area contributed by atoms with E-state index in [1.165, 1.54) is 0 Å². The molecule has 0 saturated carbocycles. The summed E-state index contributed by atoms with van der Waals surface area (Å²) >= 11 is 0. The van der Waals surface area contributed by atoms with E-state index >= 15 is 0 Å². The predicted molar refractivity (Wildman–Crippen MR) is 63.0 cm³/mol. The van der Waals surface area contributed by atoms with E-state index < -0.39 is 10.7 Å². The summed E-state index contributed by atoms with van der Waals surface area (Å²) in [5.74, 6) is 0.167. The van der Waals surface area contributed by atoms with Crippen LogP contribution in [0.4, 0.5) is 5.69 Å². The van der Waals surface area contributed by atoms with Crippen LogP contribution in [0.15, 0.2) is 24.5 Å². The van der Waals surface area contributed by atoms with Crippen LogP contribution in [0.2, 0.25) is 0 Å². The minimum Gasteiger partial charge on any atom is -0.380 e. The average Bonchev–Trinajstić information content (AvgIpc) is 2.66. The molecule has 0 radical (unpaired) electrons. The highest BCUT2D eigenvalue weighted by molar-refractivity contribution is 7.72. The zero-order valence-electron chi connectivity index (χ0n) is 8.87. The summed E-state index contributed by atoms with van der Waals surface area (Å²) in [7, 11) is -2.30. The molecule has 88 valence electrons. The quantitative estimate of drug-likeness (QED) is 0.734. The van der Waals surface area contributed by atoms with Gasteiger partial charge in [-0.3, -0.25) is 9.88 Å². The molecule has 1 unspecified atom stereocenters. The maximum absolute atomic E-state index is 10.6. The summed E-state index contributed by atoms with van der Waals surface area (Å²) in [4.78, 5) is 5.97. The standard InChI is InChI=1S/C10H15N3O2S/c14-16(15)8-13-5-3-10(7-13)12-9-2-1-4-11-6-9/h1-2,4,6,10,12,16H,3,5,7-8H2. The Morgan fingerprint density at radius 1 is 1.56 bits per heavy atom. The lowest BCUT2D eigenvalue weighted by Crippen LogP contribution is -2.27. The molecule has 1 aromatic rings. The number of hydrogen-bond donors (Lipinski definition) is 2. The van der Waals surface area contributed by atoms with E-state index in [9.17, 15) is 8.42 Å². The van der Waals surface area contributed by atoms with Gasteiger partial charge in [0.25, 0.3) is 0 Å². The van der Waals surface area contributed by atoms with Crippen LogP contribution in [0, 0.1) is 0 Å². The molecule has 0 aliphatic carbocycles. The molecule has 2 heterocycles. The Labute approximate surface area is 96.4 Å². The van der Waals surface area contributed by atoms with Crippen molar-refractivity contribution in [3.05, 3.63) is 24.5 Å². The summed E-state index contributed by atoms with van der Waals surface area (Å²) in [6.07, 6.45) is 4.48. The van der Waals surface area contributed by atoms with Crippen molar-refractivity contribution >= 4 is 16.4 Å². The predicted octanol–water partition coefficient (Wildman–Crippen LogP) is 0.137. The van der Waals surface area contributed by atoms with E-state index in [2.05, 4.69) is 10.3 Å². The van der Waals surface area contributed by atoms with Gasteiger partial charge in [0.15, 0.2) is 10.7 Å². The molecule has 1 saturated heterocycles. The lowest BCUT2D eigenvalue weighted by Gasteiger charge is -2.14. The van der Waals surface area contributed by atoms with E-state index in [4.69, 9.17) is 0 Å². The van der Waals surface area contributed by atoms with Crippen LogP contribution in [0.25, 0.3) is 0 Å². The van der Waals surface area contributed by atoms with Gasteiger partial charge in [0.2, 0.25) is 0 Å². The lowest BCUT2D eigenvalue weighted by atomic mass is 10.2. The number of anilines is 1. The van der Waals surface area contributed by atoms with Crippen LogP contribution >= 0.6 is 0 Å². The molecule has 5 nitrogen and oxygen atoms in total. The molecule has 1 atom stereocenters. The molecule has 0 bridgehead atoms. The first-order valence-corrected chi connectivity index (χ1v) is 6.61. The molecular weight excluding hydrogens is 226 g/mol. The molecule has 0 aromatic carbocycles. The van der Waals surface area contributed by atoms with Gasteiger partial charge in [0, 0.05) is 31.5 Å². The molecule has 2 rings (SSSR count). The third-order valence-corrected chi connectivity index (χ3v) is 3.25. The second kappa shape index (κ2) is 5.27. The smallest absolute Gasteiger partial charge is 0.153 e. The number of pyridine rings is 1. The topological polar surface area (TPSA) is 62.3 Å². The van der Waals surface area contributed by atoms with Gasteiger partial charge in [-0.1, -0.05) is 0 Å². The second-order valence-corrected chi connectivity index (χ2v) is 4.87. The molecule has 0 spiro atoms. The summed E-state index contributed by atoms with van der Waals surface area (Å²) in [6, 6.07) is 4.16. The summed E-state index contributed by atoms with van der Waals surface area (Å²) in [5.41, 5.74) is 0.987. The van der Waals surface area contributed by atoms with Crippen molar-refractivity contribution in [2.45, 2.75) is 12.5 Å². The van der Waals surface area contributed by atoms with Crippen LogP contribution in [0.5, 0.6) is 0 Å². The number of likely N-dealkylation sites (tertiary alicyclic amines) is 1. The van der Waals surface area contributed by atoms with Crippen molar-refractivity contribution in [1.29, 1.82) is 0 Å². The largest absolute Gasteiger partial charge is 0.380 e. The number of nitrogens with one attached hydrogen (secondary N) is 1. The number of hydrogen-bond acceptors (Lipinski definition) is 5. The zero-order chi connectivity index (χ0) is 11.4. The van der Waals surface area contributed by atoms with Gasteiger partial charge in [0.1, 0.15) is 0 Å². The molecule has 16 heavy (non-hydrogen) atoms. The van der Waals surface area contributed by atoms with Gasteiger partial charge >= 0.3 is 0 Å². The highest BCUT2D eigenvalue weighted by Gasteiger charge is 2.22. The van der Waals surface area contributed by atoms with Crippen LogP contribution < -0.4 is 5.32 Å². The second-order valence-electron chi connectivity index (χ2n) is 3.92.